The predicted octanol–water partition coefficient (Wildman–Crippen LogP) is 5.08. The van der Waals surface area contributed by atoms with E-state index in [1.165, 1.54) is 11.1 Å². The fourth-order valence-electron chi connectivity index (χ4n) is 2.39. The number of hydrogen-bond donors (Lipinski definition) is 2. The minimum atomic E-state index is 0.648. The molecular formula is C19H23BrN2OS. The summed E-state index contributed by atoms with van der Waals surface area (Å²) in [6.45, 7) is 5.57. The molecule has 0 heterocycles. The van der Waals surface area contributed by atoms with Crippen LogP contribution in [-0.4, -0.2) is 18.3 Å². The van der Waals surface area contributed by atoms with Crippen LogP contribution >= 0.6 is 28.1 Å². The summed E-state index contributed by atoms with van der Waals surface area (Å²) >= 11 is 8.85. The monoisotopic (exact) mass is 406 g/mol. The molecule has 2 rings (SSSR count). The second kappa shape index (κ2) is 9.64. The first-order chi connectivity index (χ1) is 11.6. The third kappa shape index (κ3) is 5.80. The average molecular weight is 407 g/mol. The van der Waals surface area contributed by atoms with E-state index in [1.807, 2.05) is 37.3 Å². The largest absolute Gasteiger partial charge is 0.494 e. The van der Waals surface area contributed by atoms with Crippen LogP contribution in [0.5, 0.6) is 5.75 Å². The van der Waals surface area contributed by atoms with E-state index in [0.717, 1.165) is 35.3 Å². The summed E-state index contributed by atoms with van der Waals surface area (Å²) in [6.07, 6.45) is 1.95. The molecule has 5 heteroatoms. The molecular weight excluding hydrogens is 384 g/mol. The molecule has 0 unspecified atom stereocenters. The first-order valence-electron chi connectivity index (χ1n) is 8.12. The SMILES string of the molecule is CCOc1ccccc1CCCNC(=S)Nc1ccc(Br)c(C)c1. The lowest BCUT2D eigenvalue weighted by Crippen LogP contribution is -2.29. The zero-order valence-electron chi connectivity index (χ0n) is 14.1. The number of anilines is 1. The first kappa shape index (κ1) is 18.7. The van der Waals surface area contributed by atoms with Crippen LogP contribution in [0.1, 0.15) is 24.5 Å². The molecule has 3 nitrogen and oxygen atoms in total. The van der Waals surface area contributed by atoms with Gasteiger partial charge >= 0.3 is 0 Å². The number of benzene rings is 2. The van der Waals surface area contributed by atoms with Crippen molar-refractivity contribution in [2.45, 2.75) is 26.7 Å². The molecule has 0 aromatic heterocycles. The molecule has 0 atom stereocenters. The van der Waals surface area contributed by atoms with Crippen molar-refractivity contribution < 1.29 is 4.74 Å². The van der Waals surface area contributed by atoms with Crippen LogP contribution in [-0.2, 0) is 6.42 Å². The highest BCUT2D eigenvalue weighted by molar-refractivity contribution is 9.10. The summed E-state index contributed by atoms with van der Waals surface area (Å²) in [4.78, 5) is 0. The Kier molecular flexibility index (Phi) is 7.53. The van der Waals surface area contributed by atoms with E-state index in [2.05, 4.69) is 45.6 Å². The molecule has 0 aliphatic rings. The van der Waals surface area contributed by atoms with Crippen molar-refractivity contribution in [3.05, 3.63) is 58.1 Å². The normalized spacial score (nSPS) is 10.3. The Bertz CT molecular complexity index is 691. The fraction of sp³-hybridized carbons (Fsp3) is 0.316. The zero-order chi connectivity index (χ0) is 17.4. The van der Waals surface area contributed by atoms with Gasteiger partial charge in [-0.3, -0.25) is 0 Å². The van der Waals surface area contributed by atoms with Crippen LogP contribution in [0.15, 0.2) is 46.9 Å². The number of para-hydroxylation sites is 1. The number of hydrogen-bond acceptors (Lipinski definition) is 2. The van der Waals surface area contributed by atoms with Crippen LogP contribution in [0.3, 0.4) is 0 Å². The third-order valence-corrected chi connectivity index (χ3v) is 4.73. The summed E-state index contributed by atoms with van der Waals surface area (Å²) < 4.78 is 6.75. The molecule has 0 amide bonds. The van der Waals surface area contributed by atoms with Gasteiger partial charge in [-0.1, -0.05) is 34.1 Å². The van der Waals surface area contributed by atoms with Gasteiger partial charge in [-0.25, -0.2) is 0 Å². The quantitative estimate of drug-likeness (QED) is 0.496. The molecule has 0 fully saturated rings. The molecule has 0 saturated heterocycles. The molecule has 2 aromatic rings. The van der Waals surface area contributed by atoms with Gasteiger partial charge in [0.15, 0.2) is 5.11 Å². The van der Waals surface area contributed by atoms with Crippen LogP contribution < -0.4 is 15.4 Å². The molecule has 0 bridgehead atoms. The Hall–Kier alpha value is -1.59. The molecule has 128 valence electrons. The topological polar surface area (TPSA) is 33.3 Å². The van der Waals surface area contributed by atoms with Crippen molar-refractivity contribution >= 4 is 38.9 Å². The Labute approximate surface area is 157 Å². The van der Waals surface area contributed by atoms with Gasteiger partial charge in [-0.15, -0.1) is 0 Å². The molecule has 0 saturated carbocycles. The number of rotatable bonds is 7. The number of thiocarbonyl (C=S) groups is 1. The van der Waals surface area contributed by atoms with E-state index < -0.39 is 0 Å². The molecule has 0 spiro atoms. The Morgan fingerprint density at radius 2 is 2.00 bits per heavy atom. The van der Waals surface area contributed by atoms with E-state index in [9.17, 15) is 0 Å². The maximum Gasteiger partial charge on any atom is 0.170 e. The van der Waals surface area contributed by atoms with Crippen molar-refractivity contribution in [2.75, 3.05) is 18.5 Å². The van der Waals surface area contributed by atoms with Gasteiger partial charge < -0.3 is 15.4 Å². The van der Waals surface area contributed by atoms with Crippen LogP contribution in [0.2, 0.25) is 0 Å². The summed E-state index contributed by atoms with van der Waals surface area (Å²) in [5.74, 6) is 0.978. The summed E-state index contributed by atoms with van der Waals surface area (Å²) in [6, 6.07) is 14.3. The van der Waals surface area contributed by atoms with Gasteiger partial charge in [0.25, 0.3) is 0 Å². The summed E-state index contributed by atoms with van der Waals surface area (Å²) in [5, 5.41) is 7.12. The second-order valence-corrected chi connectivity index (χ2v) is 6.75. The fourth-order valence-corrected chi connectivity index (χ4v) is 2.85. The molecule has 0 radical (unpaired) electrons. The van der Waals surface area contributed by atoms with E-state index in [-0.39, 0.29) is 0 Å². The Morgan fingerprint density at radius 3 is 2.75 bits per heavy atom. The minimum Gasteiger partial charge on any atom is -0.494 e. The van der Waals surface area contributed by atoms with Crippen molar-refractivity contribution in [1.29, 1.82) is 0 Å². The van der Waals surface area contributed by atoms with Gasteiger partial charge in [0.1, 0.15) is 5.75 Å². The lowest BCUT2D eigenvalue weighted by Gasteiger charge is -2.12. The third-order valence-electron chi connectivity index (χ3n) is 3.60. The van der Waals surface area contributed by atoms with Crippen molar-refractivity contribution in [2.24, 2.45) is 0 Å². The van der Waals surface area contributed by atoms with Crippen LogP contribution in [0, 0.1) is 6.92 Å². The Balaban J connectivity index is 1.76. The van der Waals surface area contributed by atoms with Gasteiger partial charge in [0.05, 0.1) is 6.61 Å². The highest BCUT2D eigenvalue weighted by Gasteiger charge is 2.03. The van der Waals surface area contributed by atoms with Crippen molar-refractivity contribution in [3.63, 3.8) is 0 Å². The highest BCUT2D eigenvalue weighted by Crippen LogP contribution is 2.20. The first-order valence-corrected chi connectivity index (χ1v) is 9.32. The zero-order valence-corrected chi connectivity index (χ0v) is 16.5. The highest BCUT2D eigenvalue weighted by atomic mass is 79.9. The van der Waals surface area contributed by atoms with E-state index >= 15 is 0 Å². The van der Waals surface area contributed by atoms with Gasteiger partial charge in [-0.2, -0.15) is 0 Å². The smallest absolute Gasteiger partial charge is 0.170 e. The van der Waals surface area contributed by atoms with E-state index in [4.69, 9.17) is 17.0 Å². The standard InChI is InChI=1S/C19H23BrN2OS/c1-3-23-18-9-5-4-7-15(18)8-6-12-21-19(24)22-16-10-11-17(20)14(2)13-16/h4-5,7,9-11,13H,3,6,8,12H2,1-2H3,(H2,21,22,24). The average Bonchev–Trinajstić information content (AvgIpc) is 2.57. The van der Waals surface area contributed by atoms with Gasteiger partial charge in [-0.05, 0) is 74.3 Å². The molecule has 24 heavy (non-hydrogen) atoms. The second-order valence-electron chi connectivity index (χ2n) is 5.49. The minimum absolute atomic E-state index is 0.648. The molecule has 0 aliphatic carbocycles. The number of aryl methyl sites for hydroxylation is 2. The number of halogens is 1. The lowest BCUT2D eigenvalue weighted by molar-refractivity contribution is 0.336. The number of nitrogens with one attached hydrogen (secondary N) is 2. The lowest BCUT2D eigenvalue weighted by atomic mass is 10.1. The maximum atomic E-state index is 5.65. The van der Waals surface area contributed by atoms with Gasteiger partial charge in [0.2, 0.25) is 0 Å². The maximum absolute atomic E-state index is 5.65. The van der Waals surface area contributed by atoms with Gasteiger partial charge in [0, 0.05) is 16.7 Å². The summed E-state index contributed by atoms with van der Waals surface area (Å²) in [7, 11) is 0. The molecule has 2 aromatic carbocycles. The van der Waals surface area contributed by atoms with Crippen molar-refractivity contribution in [1.82, 2.24) is 5.32 Å². The number of ether oxygens (including phenoxy) is 1. The van der Waals surface area contributed by atoms with E-state index in [0.29, 0.717) is 11.7 Å². The Morgan fingerprint density at radius 1 is 1.21 bits per heavy atom. The van der Waals surface area contributed by atoms with Crippen LogP contribution in [0.25, 0.3) is 0 Å². The molecule has 2 N–H and O–H groups in total. The van der Waals surface area contributed by atoms with Crippen molar-refractivity contribution in [3.8, 4) is 5.75 Å². The summed E-state index contributed by atoms with van der Waals surface area (Å²) in [5.41, 5.74) is 3.41. The van der Waals surface area contributed by atoms with E-state index in [1.54, 1.807) is 0 Å². The van der Waals surface area contributed by atoms with Crippen LogP contribution in [0.4, 0.5) is 5.69 Å². The molecule has 0 aliphatic heterocycles. The predicted molar refractivity (Wildman–Crippen MR) is 109 cm³/mol.